The number of amides is 1. The summed E-state index contributed by atoms with van der Waals surface area (Å²) < 4.78 is 15.7. The molecule has 7 heteroatoms. The molecule has 1 aromatic carbocycles. The van der Waals surface area contributed by atoms with Gasteiger partial charge in [-0.3, -0.25) is 9.59 Å². The van der Waals surface area contributed by atoms with Gasteiger partial charge in [0.25, 0.3) is 5.91 Å². The number of carboxylic acid groups (broad SMARTS) is 1. The number of carboxylic acids is 1. The average Bonchev–Trinajstić information content (AvgIpc) is 2.92. The average molecular weight is 309 g/mol. The van der Waals surface area contributed by atoms with Crippen LogP contribution >= 0.6 is 0 Å². The fourth-order valence-corrected chi connectivity index (χ4v) is 2.35. The van der Waals surface area contributed by atoms with Crippen LogP contribution < -0.4 is 14.8 Å². The van der Waals surface area contributed by atoms with Crippen LogP contribution in [0.1, 0.15) is 12.8 Å². The lowest BCUT2D eigenvalue weighted by Crippen LogP contribution is -2.51. The molecule has 120 valence electrons. The van der Waals surface area contributed by atoms with Crippen LogP contribution in [-0.4, -0.2) is 49.5 Å². The van der Waals surface area contributed by atoms with Crippen molar-refractivity contribution in [3.63, 3.8) is 0 Å². The van der Waals surface area contributed by atoms with Crippen LogP contribution in [-0.2, 0) is 14.3 Å². The van der Waals surface area contributed by atoms with E-state index in [9.17, 15) is 9.59 Å². The summed E-state index contributed by atoms with van der Waals surface area (Å²) >= 11 is 0. The summed E-state index contributed by atoms with van der Waals surface area (Å²) in [6.07, 6.45) is 0.308. The fourth-order valence-electron chi connectivity index (χ4n) is 2.35. The lowest BCUT2D eigenvalue weighted by atomic mass is 9.94. The number of carbonyl (C=O) groups is 2. The van der Waals surface area contributed by atoms with E-state index >= 15 is 0 Å². The fraction of sp³-hybridized carbons (Fsp3) is 0.467. The Bertz CT molecular complexity index is 539. The van der Waals surface area contributed by atoms with Gasteiger partial charge in [-0.1, -0.05) is 6.07 Å². The van der Waals surface area contributed by atoms with Crippen LogP contribution in [0.5, 0.6) is 11.5 Å². The molecule has 1 aromatic rings. The van der Waals surface area contributed by atoms with E-state index in [1.54, 1.807) is 31.4 Å². The molecule has 22 heavy (non-hydrogen) atoms. The van der Waals surface area contributed by atoms with Crippen molar-refractivity contribution in [2.45, 2.75) is 18.4 Å². The van der Waals surface area contributed by atoms with Gasteiger partial charge in [0, 0.05) is 12.7 Å². The van der Waals surface area contributed by atoms with Gasteiger partial charge >= 0.3 is 5.97 Å². The van der Waals surface area contributed by atoms with Crippen molar-refractivity contribution < 1.29 is 28.9 Å². The second kappa shape index (κ2) is 7.13. The molecule has 1 heterocycles. The largest absolute Gasteiger partial charge is 0.497 e. The summed E-state index contributed by atoms with van der Waals surface area (Å²) in [7, 11) is 1.54. The maximum Gasteiger partial charge on any atom is 0.305 e. The molecule has 2 rings (SSSR count). The summed E-state index contributed by atoms with van der Waals surface area (Å²) in [6, 6.07) is 6.90. The lowest BCUT2D eigenvalue weighted by molar-refractivity contribution is -0.139. The van der Waals surface area contributed by atoms with Crippen LogP contribution in [0.25, 0.3) is 0 Å². The Hall–Kier alpha value is -2.28. The number of hydrogen-bond acceptors (Lipinski definition) is 5. The standard InChI is InChI=1S/C15H19NO6/c1-20-11-3-2-4-12(7-11)22-9-13(17)16-15(8-14(18)19)5-6-21-10-15/h2-4,7H,5-6,8-10H2,1H3,(H,16,17)(H,18,19). The Balaban J connectivity index is 1.89. The van der Waals surface area contributed by atoms with E-state index in [0.717, 1.165) is 0 Å². The molecule has 1 atom stereocenters. The number of carbonyl (C=O) groups excluding carboxylic acids is 1. The van der Waals surface area contributed by atoms with Crippen molar-refractivity contribution in [3.05, 3.63) is 24.3 Å². The number of rotatable bonds is 7. The van der Waals surface area contributed by atoms with Crippen molar-refractivity contribution in [2.75, 3.05) is 26.9 Å². The summed E-state index contributed by atoms with van der Waals surface area (Å²) in [5.74, 6) is -0.219. The third-order valence-electron chi connectivity index (χ3n) is 3.41. The number of aliphatic carboxylic acids is 1. The van der Waals surface area contributed by atoms with Crippen molar-refractivity contribution in [1.82, 2.24) is 5.32 Å². The number of nitrogens with one attached hydrogen (secondary N) is 1. The minimum Gasteiger partial charge on any atom is -0.497 e. The van der Waals surface area contributed by atoms with Crippen LogP contribution in [0.4, 0.5) is 0 Å². The molecular weight excluding hydrogens is 290 g/mol. The van der Waals surface area contributed by atoms with Crippen LogP contribution in [0.3, 0.4) is 0 Å². The molecule has 0 radical (unpaired) electrons. The first-order chi connectivity index (χ1) is 10.5. The highest BCUT2D eigenvalue weighted by Gasteiger charge is 2.38. The number of methoxy groups -OCH3 is 1. The zero-order chi connectivity index (χ0) is 16.0. The summed E-state index contributed by atoms with van der Waals surface area (Å²) in [5, 5.41) is 11.7. The number of benzene rings is 1. The molecule has 0 bridgehead atoms. The molecule has 2 N–H and O–H groups in total. The third-order valence-corrected chi connectivity index (χ3v) is 3.41. The zero-order valence-electron chi connectivity index (χ0n) is 12.3. The molecule has 7 nitrogen and oxygen atoms in total. The highest BCUT2D eigenvalue weighted by molar-refractivity contribution is 5.79. The first-order valence-corrected chi connectivity index (χ1v) is 6.90. The molecule has 0 saturated carbocycles. The van der Waals surface area contributed by atoms with Crippen molar-refractivity contribution in [3.8, 4) is 11.5 Å². The van der Waals surface area contributed by atoms with Gasteiger partial charge in [0.1, 0.15) is 11.5 Å². The molecule has 1 unspecified atom stereocenters. The minimum absolute atomic E-state index is 0.169. The Labute approximate surface area is 128 Å². The predicted octanol–water partition coefficient (Wildman–Crippen LogP) is 0.824. The minimum atomic E-state index is -0.973. The van der Waals surface area contributed by atoms with Crippen LogP contribution in [0.2, 0.25) is 0 Å². The molecular formula is C15H19NO6. The summed E-state index contributed by atoms with van der Waals surface area (Å²) in [6.45, 7) is 0.434. The van der Waals surface area contributed by atoms with E-state index in [2.05, 4.69) is 5.32 Å². The Morgan fingerprint density at radius 3 is 2.82 bits per heavy atom. The van der Waals surface area contributed by atoms with E-state index in [0.29, 0.717) is 24.5 Å². The van der Waals surface area contributed by atoms with E-state index in [1.165, 1.54) is 0 Å². The number of hydrogen-bond donors (Lipinski definition) is 2. The monoisotopic (exact) mass is 309 g/mol. The molecule has 0 aromatic heterocycles. The van der Waals surface area contributed by atoms with Crippen molar-refractivity contribution in [2.24, 2.45) is 0 Å². The van der Waals surface area contributed by atoms with E-state index in [-0.39, 0.29) is 25.5 Å². The normalized spacial score (nSPS) is 20.4. The van der Waals surface area contributed by atoms with Gasteiger partial charge in [-0.2, -0.15) is 0 Å². The molecule has 0 spiro atoms. The van der Waals surface area contributed by atoms with Gasteiger partial charge in [0.15, 0.2) is 6.61 Å². The molecule has 1 amide bonds. The summed E-state index contributed by atoms with van der Waals surface area (Å²) in [4.78, 5) is 22.9. The topological polar surface area (TPSA) is 94.1 Å². The SMILES string of the molecule is COc1cccc(OCC(=O)NC2(CC(=O)O)CCOC2)c1. The summed E-state index contributed by atoms with van der Waals surface area (Å²) in [5.41, 5.74) is -0.847. The molecule has 1 aliphatic heterocycles. The maximum atomic E-state index is 12.0. The Kier molecular flexibility index (Phi) is 5.21. The first-order valence-electron chi connectivity index (χ1n) is 6.90. The van der Waals surface area contributed by atoms with Gasteiger partial charge in [0.2, 0.25) is 0 Å². The van der Waals surface area contributed by atoms with Crippen LogP contribution in [0, 0.1) is 0 Å². The molecule has 1 saturated heterocycles. The zero-order valence-corrected chi connectivity index (χ0v) is 12.3. The van der Waals surface area contributed by atoms with Gasteiger partial charge in [-0.25, -0.2) is 0 Å². The quantitative estimate of drug-likeness (QED) is 0.774. The maximum absolute atomic E-state index is 12.0. The third kappa shape index (κ3) is 4.36. The van der Waals surface area contributed by atoms with Gasteiger partial charge < -0.3 is 24.6 Å². The Morgan fingerprint density at radius 2 is 2.18 bits per heavy atom. The van der Waals surface area contributed by atoms with Crippen molar-refractivity contribution in [1.29, 1.82) is 0 Å². The highest BCUT2D eigenvalue weighted by Crippen LogP contribution is 2.23. The molecule has 1 fully saturated rings. The highest BCUT2D eigenvalue weighted by atomic mass is 16.5. The molecule has 1 aliphatic rings. The van der Waals surface area contributed by atoms with E-state index < -0.39 is 11.5 Å². The smallest absolute Gasteiger partial charge is 0.305 e. The first kappa shape index (κ1) is 16.1. The molecule has 0 aliphatic carbocycles. The second-order valence-corrected chi connectivity index (χ2v) is 5.17. The van der Waals surface area contributed by atoms with E-state index in [4.69, 9.17) is 19.3 Å². The van der Waals surface area contributed by atoms with Crippen molar-refractivity contribution >= 4 is 11.9 Å². The predicted molar refractivity (Wildman–Crippen MR) is 77.1 cm³/mol. The van der Waals surface area contributed by atoms with E-state index in [1.807, 2.05) is 0 Å². The van der Waals surface area contributed by atoms with Gasteiger partial charge in [0.05, 0.1) is 25.7 Å². The number of ether oxygens (including phenoxy) is 3. The van der Waals surface area contributed by atoms with Gasteiger partial charge in [-0.15, -0.1) is 0 Å². The Morgan fingerprint density at radius 1 is 1.41 bits per heavy atom. The second-order valence-electron chi connectivity index (χ2n) is 5.17. The van der Waals surface area contributed by atoms with Gasteiger partial charge in [-0.05, 0) is 18.6 Å². The van der Waals surface area contributed by atoms with Crippen LogP contribution in [0.15, 0.2) is 24.3 Å². The lowest BCUT2D eigenvalue weighted by Gasteiger charge is -2.26.